The quantitative estimate of drug-likeness (QED) is 0.276. The van der Waals surface area contributed by atoms with E-state index < -0.39 is 17.8 Å². The summed E-state index contributed by atoms with van der Waals surface area (Å²) in [6, 6.07) is 22.2. The number of nitrogens with one attached hydrogen (secondary N) is 1. The number of anilines is 1. The molecule has 1 aliphatic carbocycles. The van der Waals surface area contributed by atoms with Gasteiger partial charge in [-0.2, -0.15) is 0 Å². The molecule has 0 bridgehead atoms. The lowest BCUT2D eigenvalue weighted by molar-refractivity contribution is -0.141. The molecule has 0 spiro atoms. The fourth-order valence-corrected chi connectivity index (χ4v) is 5.84. The average molecular weight is 542 g/mol. The van der Waals surface area contributed by atoms with Crippen LogP contribution in [-0.4, -0.2) is 24.3 Å². The lowest BCUT2D eigenvalue weighted by atomic mass is 9.86. The van der Waals surface area contributed by atoms with Gasteiger partial charge in [-0.1, -0.05) is 79.6 Å². The van der Waals surface area contributed by atoms with Gasteiger partial charge in [-0.3, -0.25) is 0 Å². The van der Waals surface area contributed by atoms with Crippen molar-refractivity contribution in [1.29, 1.82) is 0 Å². The third-order valence-electron chi connectivity index (χ3n) is 8.34. The molecule has 1 fully saturated rings. The third kappa shape index (κ3) is 6.87. The van der Waals surface area contributed by atoms with Crippen LogP contribution in [0, 0.1) is 19.8 Å². The summed E-state index contributed by atoms with van der Waals surface area (Å²) >= 11 is 0. The Morgan fingerprint density at radius 1 is 0.925 bits per heavy atom. The highest BCUT2D eigenvalue weighted by atomic mass is 16.6. The summed E-state index contributed by atoms with van der Waals surface area (Å²) in [7, 11) is 0. The predicted octanol–water partition coefficient (Wildman–Crippen LogP) is 8.34. The molecule has 2 atom stereocenters. The van der Waals surface area contributed by atoms with E-state index in [-0.39, 0.29) is 5.97 Å². The molecular weight excluding hydrogens is 498 g/mol. The van der Waals surface area contributed by atoms with Gasteiger partial charge in [-0.15, -0.1) is 0 Å². The standard InChI is InChI=1S/C35H43NO4/c1-24-10-14-27(15-11-24)23-36-29-18-19-31-30(22-29)32(38-21-20-26-8-6-5-7-9-26)33(35(3,4)40-31)39-34(37)28-16-12-25(2)13-17-28/h10-19,22,26,32-33,36H,5-9,20-21,23H2,1-4H3. The van der Waals surface area contributed by atoms with Crippen molar-refractivity contribution in [3.63, 3.8) is 0 Å². The molecule has 0 saturated heterocycles. The van der Waals surface area contributed by atoms with Gasteiger partial charge in [-0.05, 0) is 75.9 Å². The van der Waals surface area contributed by atoms with Gasteiger partial charge in [-0.25, -0.2) is 4.79 Å². The number of hydrogen-bond donors (Lipinski definition) is 1. The van der Waals surface area contributed by atoms with Gasteiger partial charge in [0.15, 0.2) is 6.10 Å². The van der Waals surface area contributed by atoms with Crippen LogP contribution >= 0.6 is 0 Å². The normalized spacial score (nSPS) is 20.3. The molecule has 0 radical (unpaired) electrons. The summed E-state index contributed by atoms with van der Waals surface area (Å²) < 4.78 is 19.3. The first-order valence-electron chi connectivity index (χ1n) is 14.8. The third-order valence-corrected chi connectivity index (χ3v) is 8.34. The maximum atomic E-state index is 13.3. The number of carbonyl (C=O) groups excluding carboxylic acids is 1. The number of fused-ring (bicyclic) bond motifs is 1. The van der Waals surface area contributed by atoms with E-state index in [9.17, 15) is 4.79 Å². The Labute approximate surface area is 239 Å². The topological polar surface area (TPSA) is 56.8 Å². The summed E-state index contributed by atoms with van der Waals surface area (Å²) in [5.74, 6) is 1.12. The second kappa shape index (κ2) is 12.5. The lowest BCUT2D eigenvalue weighted by Crippen LogP contribution is -2.51. The van der Waals surface area contributed by atoms with Gasteiger partial charge in [0.1, 0.15) is 17.5 Å². The van der Waals surface area contributed by atoms with E-state index >= 15 is 0 Å². The van der Waals surface area contributed by atoms with Crippen LogP contribution in [-0.2, 0) is 16.0 Å². The Bertz CT molecular complexity index is 1280. The van der Waals surface area contributed by atoms with Crippen LogP contribution in [0.3, 0.4) is 0 Å². The minimum atomic E-state index is -0.764. The van der Waals surface area contributed by atoms with Gasteiger partial charge in [0.2, 0.25) is 0 Å². The van der Waals surface area contributed by atoms with Gasteiger partial charge in [0.25, 0.3) is 0 Å². The van der Waals surface area contributed by atoms with Crippen molar-refractivity contribution in [3.8, 4) is 5.75 Å². The van der Waals surface area contributed by atoms with E-state index in [0.29, 0.717) is 24.6 Å². The number of aryl methyl sites for hydroxylation is 2. The van der Waals surface area contributed by atoms with Crippen molar-refractivity contribution >= 4 is 11.7 Å². The van der Waals surface area contributed by atoms with E-state index in [1.165, 1.54) is 43.2 Å². The molecule has 0 amide bonds. The molecule has 2 unspecified atom stereocenters. The number of benzene rings is 3. The molecule has 40 heavy (non-hydrogen) atoms. The summed E-state index contributed by atoms with van der Waals surface area (Å²) in [6.07, 6.45) is 6.50. The zero-order chi connectivity index (χ0) is 28.1. The number of ether oxygens (including phenoxy) is 3. The maximum absolute atomic E-state index is 13.3. The van der Waals surface area contributed by atoms with Gasteiger partial charge in [0.05, 0.1) is 5.56 Å². The Balaban J connectivity index is 1.39. The van der Waals surface area contributed by atoms with Crippen LogP contribution in [0.15, 0.2) is 66.7 Å². The fraction of sp³-hybridized carbons (Fsp3) is 0.457. The molecule has 0 aromatic heterocycles. The van der Waals surface area contributed by atoms with E-state index in [4.69, 9.17) is 14.2 Å². The van der Waals surface area contributed by atoms with Gasteiger partial charge >= 0.3 is 5.97 Å². The van der Waals surface area contributed by atoms with Crippen molar-refractivity contribution in [1.82, 2.24) is 0 Å². The smallest absolute Gasteiger partial charge is 0.338 e. The predicted molar refractivity (Wildman–Crippen MR) is 160 cm³/mol. The zero-order valence-corrected chi connectivity index (χ0v) is 24.4. The Kier molecular flexibility index (Phi) is 8.80. The fourth-order valence-electron chi connectivity index (χ4n) is 5.84. The first-order valence-corrected chi connectivity index (χ1v) is 14.8. The molecular formula is C35H43NO4. The number of hydrogen-bond acceptors (Lipinski definition) is 5. The Morgan fingerprint density at radius 3 is 2.30 bits per heavy atom. The van der Waals surface area contributed by atoms with Crippen molar-refractivity contribution in [2.75, 3.05) is 11.9 Å². The maximum Gasteiger partial charge on any atom is 0.338 e. The summed E-state index contributed by atoms with van der Waals surface area (Å²) in [6.45, 7) is 9.40. The Morgan fingerprint density at radius 2 is 1.60 bits per heavy atom. The summed E-state index contributed by atoms with van der Waals surface area (Å²) in [5.41, 5.74) is 5.22. The lowest BCUT2D eigenvalue weighted by Gasteiger charge is -2.44. The van der Waals surface area contributed by atoms with Crippen LogP contribution in [0.1, 0.15) is 91.1 Å². The average Bonchev–Trinajstić information content (AvgIpc) is 2.95. The van der Waals surface area contributed by atoms with Crippen molar-refractivity contribution in [2.45, 2.75) is 90.6 Å². The highest BCUT2D eigenvalue weighted by Crippen LogP contribution is 2.45. The number of carbonyl (C=O) groups is 1. The van der Waals surface area contributed by atoms with E-state index in [0.717, 1.165) is 29.0 Å². The molecule has 5 heteroatoms. The second-order valence-corrected chi connectivity index (χ2v) is 12.1. The van der Waals surface area contributed by atoms with Crippen LogP contribution in [0.2, 0.25) is 0 Å². The molecule has 1 saturated carbocycles. The SMILES string of the molecule is Cc1ccc(CNc2ccc3c(c2)C(OCCC2CCCCC2)C(OC(=O)c2ccc(C)cc2)C(C)(C)O3)cc1. The molecule has 3 aromatic rings. The zero-order valence-electron chi connectivity index (χ0n) is 24.4. The van der Waals surface area contributed by atoms with Crippen LogP contribution < -0.4 is 10.1 Å². The summed E-state index contributed by atoms with van der Waals surface area (Å²) in [4.78, 5) is 13.3. The van der Waals surface area contributed by atoms with Crippen LogP contribution in [0.4, 0.5) is 5.69 Å². The molecule has 5 rings (SSSR count). The molecule has 1 N–H and O–H groups in total. The first kappa shape index (κ1) is 28.2. The molecule has 5 nitrogen and oxygen atoms in total. The molecule has 212 valence electrons. The highest BCUT2D eigenvalue weighted by Gasteiger charge is 2.47. The van der Waals surface area contributed by atoms with E-state index in [1.807, 2.05) is 57.2 Å². The number of esters is 1. The van der Waals surface area contributed by atoms with Crippen LogP contribution in [0.5, 0.6) is 5.75 Å². The minimum Gasteiger partial charge on any atom is -0.483 e. The van der Waals surface area contributed by atoms with Crippen LogP contribution in [0.25, 0.3) is 0 Å². The second-order valence-electron chi connectivity index (χ2n) is 12.1. The van der Waals surface area contributed by atoms with E-state index in [2.05, 4.69) is 42.6 Å². The van der Waals surface area contributed by atoms with Gasteiger partial charge in [0, 0.05) is 24.4 Å². The highest BCUT2D eigenvalue weighted by molar-refractivity contribution is 5.89. The largest absolute Gasteiger partial charge is 0.483 e. The van der Waals surface area contributed by atoms with Crippen molar-refractivity contribution in [3.05, 3.63) is 94.5 Å². The van der Waals surface area contributed by atoms with E-state index in [1.54, 1.807) is 0 Å². The monoisotopic (exact) mass is 541 g/mol. The van der Waals surface area contributed by atoms with Crippen molar-refractivity contribution in [2.24, 2.45) is 5.92 Å². The van der Waals surface area contributed by atoms with Gasteiger partial charge < -0.3 is 19.5 Å². The Hall–Kier alpha value is -3.31. The minimum absolute atomic E-state index is 0.361. The van der Waals surface area contributed by atoms with Crippen molar-refractivity contribution < 1.29 is 19.0 Å². The molecule has 2 aliphatic rings. The first-order chi connectivity index (χ1) is 19.3. The molecule has 1 heterocycles. The number of rotatable bonds is 9. The summed E-state index contributed by atoms with van der Waals surface area (Å²) in [5, 5.41) is 3.55. The molecule has 3 aromatic carbocycles. The molecule has 1 aliphatic heterocycles.